The number of hydrogen-bond donors (Lipinski definition) is 6. The number of nitrogens with two attached hydrogens (primary N) is 1. The van der Waals surface area contributed by atoms with Gasteiger partial charge >= 0.3 is 10.4 Å². The molecule has 1 aliphatic rings. The summed E-state index contributed by atoms with van der Waals surface area (Å²) in [4.78, 5) is 38.8. The first-order chi connectivity index (χ1) is 26.9. The number of rotatable bonds is 13. The van der Waals surface area contributed by atoms with E-state index in [2.05, 4.69) is 29.8 Å². The van der Waals surface area contributed by atoms with Crippen LogP contribution in [0.15, 0.2) is 87.5 Å². The summed E-state index contributed by atoms with van der Waals surface area (Å²) in [6, 6.07) is 14.8. The molecule has 0 aliphatic heterocycles. The van der Waals surface area contributed by atoms with Crippen LogP contribution in [0, 0.1) is 0 Å². The van der Waals surface area contributed by atoms with Crippen LogP contribution in [0.3, 0.4) is 0 Å². The molecule has 0 bridgehead atoms. The van der Waals surface area contributed by atoms with Crippen LogP contribution < -0.4 is 21.3 Å². The second-order valence-corrected chi connectivity index (χ2v) is 18.4. The summed E-state index contributed by atoms with van der Waals surface area (Å²) in [5, 5.41) is 4.89. The maximum absolute atomic E-state index is 13.7. The molecule has 304 valence electrons. The van der Waals surface area contributed by atoms with Crippen LogP contribution in [0.5, 0.6) is 0 Å². The molecule has 7 N–H and O–H groups in total. The van der Waals surface area contributed by atoms with Gasteiger partial charge in [0, 0.05) is 29.5 Å². The highest BCUT2D eigenvalue weighted by Crippen LogP contribution is 2.41. The number of aromatic nitrogens is 3. The van der Waals surface area contributed by atoms with E-state index in [1.165, 1.54) is 60.5 Å². The lowest BCUT2D eigenvalue weighted by molar-refractivity contribution is 0.0980. The zero-order chi connectivity index (χ0) is 42.5. The van der Waals surface area contributed by atoms with Crippen LogP contribution in [0.4, 0.5) is 40.3 Å². The fourth-order valence-electron chi connectivity index (χ4n) is 5.73. The molecular formula is C32H26ClN7O14S4. The quantitative estimate of drug-likeness (QED) is 0.0716. The minimum atomic E-state index is -5.08. The molecule has 0 amide bonds. The molecule has 4 aromatic carbocycles. The number of anilines is 7. The fraction of sp³-hybridized carbons (Fsp3) is 0.0938. The first-order valence-corrected chi connectivity index (χ1v) is 22.1. The second kappa shape index (κ2) is 15.3. The van der Waals surface area contributed by atoms with Crippen LogP contribution in [0.25, 0.3) is 0 Å². The molecule has 1 heterocycles. The van der Waals surface area contributed by atoms with E-state index in [1.54, 1.807) is 0 Å². The average Bonchev–Trinajstić information content (AvgIpc) is 3.12. The highest BCUT2D eigenvalue weighted by Gasteiger charge is 2.36. The van der Waals surface area contributed by atoms with Gasteiger partial charge in [0.05, 0.1) is 45.4 Å². The molecule has 6 rings (SSSR count). The molecular weight excluding hydrogens is 870 g/mol. The second-order valence-electron chi connectivity index (χ2n) is 12.1. The maximum Gasteiger partial charge on any atom is 0.397 e. The highest BCUT2D eigenvalue weighted by atomic mass is 35.5. The van der Waals surface area contributed by atoms with Gasteiger partial charge in [-0.25, -0.2) is 12.6 Å². The van der Waals surface area contributed by atoms with Gasteiger partial charge in [-0.3, -0.25) is 23.2 Å². The lowest BCUT2D eigenvalue weighted by Crippen LogP contribution is -2.25. The number of fused-ring (bicyclic) bond motifs is 2. The molecule has 5 aromatic rings. The number of halogens is 1. The molecule has 0 spiro atoms. The summed E-state index contributed by atoms with van der Waals surface area (Å²) >= 11 is 6.18. The monoisotopic (exact) mass is 895 g/mol. The topological polar surface area (TPSA) is 333 Å². The Labute approximate surface area is 334 Å². The van der Waals surface area contributed by atoms with Crippen LogP contribution >= 0.6 is 11.6 Å². The van der Waals surface area contributed by atoms with E-state index in [9.17, 15) is 52.4 Å². The van der Waals surface area contributed by atoms with Crippen molar-refractivity contribution in [1.82, 2.24) is 15.0 Å². The molecule has 1 aliphatic carbocycles. The predicted octanol–water partition coefficient (Wildman–Crippen LogP) is 3.22. The zero-order valence-electron chi connectivity index (χ0n) is 29.1. The minimum Gasteiger partial charge on any atom is -0.397 e. The van der Waals surface area contributed by atoms with Gasteiger partial charge in [0.15, 0.2) is 21.4 Å². The van der Waals surface area contributed by atoms with Gasteiger partial charge in [-0.05, 0) is 54.1 Å². The van der Waals surface area contributed by atoms with Gasteiger partial charge in [0.2, 0.25) is 17.2 Å². The molecule has 0 unspecified atom stereocenters. The Kier molecular flexibility index (Phi) is 11.1. The van der Waals surface area contributed by atoms with Crippen molar-refractivity contribution in [2.45, 2.75) is 14.7 Å². The SMILES string of the molecule is CN(c1cccc(S(=O)(=O)CCOS(=O)(=O)O)c1)c1nc(Cl)nc(Nc2cc(Nc3cc(S(=O)(=O)O)c(N)c4c3C(=O)c3ccccc3C4=O)ccc2S(=O)(=O)O)n1. The third kappa shape index (κ3) is 8.76. The summed E-state index contributed by atoms with van der Waals surface area (Å²) < 4.78 is 130. The average molecular weight is 896 g/mol. The van der Waals surface area contributed by atoms with Crippen molar-refractivity contribution in [3.05, 3.63) is 100 Å². The van der Waals surface area contributed by atoms with E-state index in [0.29, 0.717) is 0 Å². The van der Waals surface area contributed by atoms with Crippen LogP contribution in [-0.4, -0.2) is 93.3 Å². The molecule has 0 atom stereocenters. The zero-order valence-corrected chi connectivity index (χ0v) is 33.1. The number of ketones is 2. The number of carbonyl (C=O) groups is 2. The van der Waals surface area contributed by atoms with E-state index < -0.39 is 102 Å². The third-order valence-electron chi connectivity index (χ3n) is 8.31. The summed E-state index contributed by atoms with van der Waals surface area (Å²) in [5.41, 5.74) is 3.69. The molecule has 21 nitrogen and oxygen atoms in total. The van der Waals surface area contributed by atoms with Crippen LogP contribution in [0.1, 0.15) is 31.8 Å². The Morgan fingerprint density at radius 2 is 1.38 bits per heavy atom. The smallest absolute Gasteiger partial charge is 0.397 e. The largest absolute Gasteiger partial charge is 0.397 e. The van der Waals surface area contributed by atoms with Crippen molar-refractivity contribution in [3.8, 4) is 0 Å². The molecule has 0 fully saturated rings. The first-order valence-electron chi connectivity index (χ1n) is 15.8. The molecule has 0 saturated carbocycles. The first kappa shape index (κ1) is 42.0. The number of carbonyl (C=O) groups excluding carboxylic acids is 2. The number of sulfone groups is 1. The summed E-state index contributed by atoms with van der Waals surface area (Å²) in [5.74, 6) is -3.03. The van der Waals surface area contributed by atoms with Gasteiger partial charge in [0.1, 0.15) is 9.79 Å². The fourth-order valence-corrected chi connectivity index (χ4v) is 8.68. The molecule has 0 saturated heterocycles. The van der Waals surface area contributed by atoms with E-state index in [1.807, 2.05) is 0 Å². The van der Waals surface area contributed by atoms with Crippen molar-refractivity contribution >= 4 is 104 Å². The number of nitrogens with zero attached hydrogens (tertiary/aromatic N) is 4. The standard InChI is InChI=1S/C32H26ClN7O14S4/c1-40(17-5-4-6-18(14-17)55(43,44)12-11-54-58(51,52)53)32-38-30(33)37-31(39-32)36-21-13-16(9-10-23(21)56(45,46)47)35-22-15-24(57(48,49)50)27(34)26-25(22)28(41)19-7-2-3-8-20(19)29(26)42/h2-10,13-15,35H,11-12,34H2,1H3,(H,45,46,47)(H,48,49,50)(H,51,52,53)(H,36,37,38,39). The van der Waals surface area contributed by atoms with Gasteiger partial charge in [0.25, 0.3) is 20.2 Å². The van der Waals surface area contributed by atoms with Gasteiger partial charge in [-0.1, -0.05) is 30.3 Å². The normalized spacial score (nSPS) is 13.1. The Hall–Kier alpha value is -5.64. The summed E-state index contributed by atoms with van der Waals surface area (Å²) in [6.45, 7) is -0.873. The van der Waals surface area contributed by atoms with E-state index >= 15 is 0 Å². The van der Waals surface area contributed by atoms with Crippen molar-refractivity contribution in [1.29, 1.82) is 0 Å². The van der Waals surface area contributed by atoms with Crippen molar-refractivity contribution < 1.29 is 61.1 Å². The van der Waals surface area contributed by atoms with Gasteiger partial charge in [-0.15, -0.1) is 0 Å². The Morgan fingerprint density at radius 3 is 2.00 bits per heavy atom. The summed E-state index contributed by atoms with van der Waals surface area (Å²) in [6.07, 6.45) is 0. The maximum atomic E-state index is 13.7. The Bertz CT molecular complexity index is 3020. The summed E-state index contributed by atoms with van der Waals surface area (Å²) in [7, 11) is -17.7. The van der Waals surface area contributed by atoms with Crippen molar-refractivity contribution in [3.63, 3.8) is 0 Å². The van der Waals surface area contributed by atoms with Gasteiger partial charge < -0.3 is 21.3 Å². The van der Waals surface area contributed by atoms with E-state index in [4.69, 9.17) is 21.9 Å². The van der Waals surface area contributed by atoms with Crippen LogP contribution in [-0.2, 0) is 44.7 Å². The number of hydrogen-bond acceptors (Lipinski definition) is 18. The van der Waals surface area contributed by atoms with Crippen molar-refractivity contribution in [2.24, 2.45) is 0 Å². The van der Waals surface area contributed by atoms with Crippen molar-refractivity contribution in [2.75, 3.05) is 40.7 Å². The molecule has 1 aromatic heterocycles. The number of nitrogen functional groups attached to an aromatic ring is 1. The third-order valence-corrected chi connectivity index (χ3v) is 12.4. The lowest BCUT2D eigenvalue weighted by Gasteiger charge is -2.24. The Morgan fingerprint density at radius 1 is 0.741 bits per heavy atom. The number of nitrogens with one attached hydrogen (secondary N) is 2. The number of benzene rings is 4. The highest BCUT2D eigenvalue weighted by molar-refractivity contribution is 7.91. The Balaban J connectivity index is 1.37. The molecule has 26 heteroatoms. The molecule has 58 heavy (non-hydrogen) atoms. The minimum absolute atomic E-state index is 0.0303. The molecule has 0 radical (unpaired) electrons. The predicted molar refractivity (Wildman–Crippen MR) is 206 cm³/mol. The lowest BCUT2D eigenvalue weighted by atomic mass is 9.82. The van der Waals surface area contributed by atoms with Gasteiger partial charge in [-0.2, -0.15) is 40.2 Å². The van der Waals surface area contributed by atoms with Crippen LogP contribution in [0.2, 0.25) is 5.28 Å². The van der Waals surface area contributed by atoms with E-state index in [-0.39, 0.29) is 44.6 Å². The van der Waals surface area contributed by atoms with E-state index in [0.717, 1.165) is 24.3 Å².